The number of hydrogen-bond acceptors (Lipinski definition) is 2. The molecule has 0 fully saturated rings. The van der Waals surface area contributed by atoms with Gasteiger partial charge in [-0.2, -0.15) is 0 Å². The molecule has 3 rings (SSSR count). The number of nitrogens with zero attached hydrogens (tertiary/aromatic N) is 2. The Balaban J connectivity index is 1.69. The van der Waals surface area contributed by atoms with Crippen molar-refractivity contribution in [2.75, 3.05) is 0 Å². The zero-order valence-corrected chi connectivity index (χ0v) is 11.9. The Morgan fingerprint density at radius 2 is 2.10 bits per heavy atom. The number of imidazole rings is 1. The van der Waals surface area contributed by atoms with E-state index in [1.807, 2.05) is 28.8 Å². The minimum atomic E-state index is 0.319. The fourth-order valence-electron chi connectivity index (χ4n) is 2.39. The van der Waals surface area contributed by atoms with Gasteiger partial charge in [0.15, 0.2) is 0 Å². The average molecular weight is 265 g/mol. The maximum atomic E-state index is 4.60. The zero-order chi connectivity index (χ0) is 13.9. The molecule has 0 aliphatic rings. The molecule has 1 atom stereocenters. The fraction of sp³-hybridized carbons (Fsp3) is 0.235. The minimum absolute atomic E-state index is 0.319. The van der Waals surface area contributed by atoms with Crippen LogP contribution in [0, 0.1) is 6.92 Å². The molecule has 1 N–H and O–H groups in total. The standard InChI is InChI=1S/C17H19N3/c1-13-6-5-7-15(10-13)14(2)18-11-16-12-20-9-4-3-8-17(20)19-16/h3-10,12,14,18H,11H2,1-2H3/t14-/m0/s1. The molecular formula is C17H19N3. The van der Waals surface area contributed by atoms with Crippen LogP contribution in [0.3, 0.4) is 0 Å². The van der Waals surface area contributed by atoms with Crippen molar-refractivity contribution in [3.63, 3.8) is 0 Å². The maximum Gasteiger partial charge on any atom is 0.137 e. The molecule has 0 saturated carbocycles. The molecule has 3 heteroatoms. The van der Waals surface area contributed by atoms with E-state index in [0.29, 0.717) is 6.04 Å². The van der Waals surface area contributed by atoms with Crippen LogP contribution in [0.5, 0.6) is 0 Å². The number of hydrogen-bond donors (Lipinski definition) is 1. The van der Waals surface area contributed by atoms with Crippen molar-refractivity contribution in [3.05, 3.63) is 71.7 Å². The lowest BCUT2D eigenvalue weighted by atomic mass is 10.1. The van der Waals surface area contributed by atoms with E-state index in [-0.39, 0.29) is 0 Å². The fourth-order valence-corrected chi connectivity index (χ4v) is 2.39. The quantitative estimate of drug-likeness (QED) is 0.782. The highest BCUT2D eigenvalue weighted by molar-refractivity contribution is 5.39. The number of aromatic nitrogens is 2. The van der Waals surface area contributed by atoms with E-state index in [4.69, 9.17) is 0 Å². The first-order valence-corrected chi connectivity index (χ1v) is 6.95. The Hall–Kier alpha value is -2.13. The van der Waals surface area contributed by atoms with Crippen molar-refractivity contribution in [1.82, 2.24) is 14.7 Å². The molecule has 2 heterocycles. The van der Waals surface area contributed by atoms with Gasteiger partial charge in [-0.15, -0.1) is 0 Å². The summed E-state index contributed by atoms with van der Waals surface area (Å²) in [7, 11) is 0. The molecule has 0 aliphatic heterocycles. The topological polar surface area (TPSA) is 29.3 Å². The van der Waals surface area contributed by atoms with Crippen LogP contribution in [0.1, 0.15) is 29.8 Å². The van der Waals surface area contributed by atoms with Gasteiger partial charge in [-0.3, -0.25) is 0 Å². The second-order valence-corrected chi connectivity index (χ2v) is 5.22. The van der Waals surface area contributed by atoms with Gasteiger partial charge < -0.3 is 9.72 Å². The van der Waals surface area contributed by atoms with Gasteiger partial charge in [0.05, 0.1) is 5.69 Å². The molecule has 102 valence electrons. The SMILES string of the molecule is Cc1cccc([C@H](C)NCc2cn3ccccc3n2)c1. The number of benzene rings is 1. The van der Waals surface area contributed by atoms with Crippen molar-refractivity contribution in [2.45, 2.75) is 26.4 Å². The highest BCUT2D eigenvalue weighted by Crippen LogP contribution is 2.14. The predicted octanol–water partition coefficient (Wildman–Crippen LogP) is 3.49. The van der Waals surface area contributed by atoms with Gasteiger partial charge in [-0.05, 0) is 31.5 Å². The van der Waals surface area contributed by atoms with Crippen molar-refractivity contribution in [1.29, 1.82) is 0 Å². The van der Waals surface area contributed by atoms with E-state index in [2.05, 4.69) is 54.6 Å². The number of rotatable bonds is 4. The largest absolute Gasteiger partial charge is 0.307 e. The lowest BCUT2D eigenvalue weighted by Gasteiger charge is -2.13. The van der Waals surface area contributed by atoms with Crippen molar-refractivity contribution in [3.8, 4) is 0 Å². The van der Waals surface area contributed by atoms with E-state index in [1.165, 1.54) is 11.1 Å². The van der Waals surface area contributed by atoms with Gasteiger partial charge in [0, 0.05) is 25.0 Å². The summed E-state index contributed by atoms with van der Waals surface area (Å²) >= 11 is 0. The van der Waals surface area contributed by atoms with E-state index < -0.39 is 0 Å². The summed E-state index contributed by atoms with van der Waals surface area (Å²) in [6.07, 6.45) is 4.10. The van der Waals surface area contributed by atoms with Crippen LogP contribution in [-0.4, -0.2) is 9.38 Å². The number of nitrogens with one attached hydrogen (secondary N) is 1. The van der Waals surface area contributed by atoms with Crippen molar-refractivity contribution >= 4 is 5.65 Å². The molecular weight excluding hydrogens is 246 g/mol. The zero-order valence-electron chi connectivity index (χ0n) is 11.9. The molecule has 1 aromatic carbocycles. The second kappa shape index (κ2) is 5.47. The van der Waals surface area contributed by atoms with Crippen LogP contribution in [-0.2, 0) is 6.54 Å². The Morgan fingerprint density at radius 3 is 2.90 bits per heavy atom. The molecule has 3 nitrogen and oxygen atoms in total. The summed E-state index contributed by atoms with van der Waals surface area (Å²) in [5.41, 5.74) is 4.67. The minimum Gasteiger partial charge on any atom is -0.307 e. The lowest BCUT2D eigenvalue weighted by Crippen LogP contribution is -2.18. The molecule has 0 spiro atoms. The maximum absolute atomic E-state index is 4.60. The molecule has 0 saturated heterocycles. The number of aryl methyl sites for hydroxylation is 1. The lowest BCUT2D eigenvalue weighted by molar-refractivity contribution is 0.569. The van der Waals surface area contributed by atoms with E-state index in [9.17, 15) is 0 Å². The molecule has 0 bridgehead atoms. The predicted molar refractivity (Wildman–Crippen MR) is 81.6 cm³/mol. The summed E-state index contributed by atoms with van der Waals surface area (Å²) in [6, 6.07) is 15.0. The molecule has 3 aromatic rings. The first-order valence-electron chi connectivity index (χ1n) is 6.95. The average Bonchev–Trinajstić information content (AvgIpc) is 2.87. The molecule has 20 heavy (non-hydrogen) atoms. The van der Waals surface area contributed by atoms with Crippen LogP contribution >= 0.6 is 0 Å². The molecule has 2 aromatic heterocycles. The Kier molecular flexibility index (Phi) is 3.52. The molecule has 0 unspecified atom stereocenters. The van der Waals surface area contributed by atoms with Crippen LogP contribution in [0.25, 0.3) is 5.65 Å². The molecule has 0 radical (unpaired) electrons. The number of pyridine rings is 1. The first kappa shape index (κ1) is 12.9. The Morgan fingerprint density at radius 1 is 1.20 bits per heavy atom. The first-order chi connectivity index (χ1) is 9.72. The van der Waals surface area contributed by atoms with Gasteiger partial charge in [-0.1, -0.05) is 35.9 Å². The molecule has 0 amide bonds. The summed E-state index contributed by atoms with van der Waals surface area (Å²) in [6.45, 7) is 5.08. The highest BCUT2D eigenvalue weighted by Gasteiger charge is 2.06. The smallest absolute Gasteiger partial charge is 0.137 e. The Labute approximate surface area is 119 Å². The van der Waals surface area contributed by atoms with Gasteiger partial charge in [0.25, 0.3) is 0 Å². The van der Waals surface area contributed by atoms with Gasteiger partial charge in [0.2, 0.25) is 0 Å². The van der Waals surface area contributed by atoms with E-state index in [1.54, 1.807) is 0 Å². The second-order valence-electron chi connectivity index (χ2n) is 5.22. The van der Waals surface area contributed by atoms with Gasteiger partial charge >= 0.3 is 0 Å². The monoisotopic (exact) mass is 265 g/mol. The van der Waals surface area contributed by atoms with Crippen LogP contribution < -0.4 is 5.32 Å². The third-order valence-corrected chi connectivity index (χ3v) is 3.55. The summed E-state index contributed by atoms with van der Waals surface area (Å²) in [4.78, 5) is 4.60. The third kappa shape index (κ3) is 2.73. The summed E-state index contributed by atoms with van der Waals surface area (Å²) in [5.74, 6) is 0. The van der Waals surface area contributed by atoms with Crippen LogP contribution in [0.2, 0.25) is 0 Å². The summed E-state index contributed by atoms with van der Waals surface area (Å²) < 4.78 is 2.05. The van der Waals surface area contributed by atoms with E-state index in [0.717, 1.165) is 17.9 Å². The molecule has 0 aliphatic carbocycles. The Bertz CT molecular complexity index is 682. The van der Waals surface area contributed by atoms with Gasteiger partial charge in [-0.25, -0.2) is 4.98 Å². The normalized spacial score (nSPS) is 12.7. The van der Waals surface area contributed by atoms with Crippen LogP contribution in [0.15, 0.2) is 54.9 Å². The van der Waals surface area contributed by atoms with E-state index >= 15 is 0 Å². The van der Waals surface area contributed by atoms with Crippen LogP contribution in [0.4, 0.5) is 0 Å². The summed E-state index contributed by atoms with van der Waals surface area (Å²) in [5, 5.41) is 3.53. The number of fused-ring (bicyclic) bond motifs is 1. The van der Waals surface area contributed by atoms with Crippen molar-refractivity contribution < 1.29 is 0 Å². The third-order valence-electron chi connectivity index (χ3n) is 3.55. The highest BCUT2D eigenvalue weighted by atomic mass is 15.0. The van der Waals surface area contributed by atoms with Gasteiger partial charge in [0.1, 0.15) is 5.65 Å². The van der Waals surface area contributed by atoms with Crippen molar-refractivity contribution in [2.24, 2.45) is 0 Å².